The Bertz CT molecular complexity index is 809. The third kappa shape index (κ3) is 7.04. The second-order valence-electron chi connectivity index (χ2n) is 5.33. The van der Waals surface area contributed by atoms with Crippen LogP contribution >= 0.6 is 23.8 Å². The number of halogens is 1. The zero-order valence-corrected chi connectivity index (χ0v) is 15.4. The molecule has 0 saturated heterocycles. The fourth-order valence-corrected chi connectivity index (χ4v) is 2.40. The van der Waals surface area contributed by atoms with E-state index in [1.807, 2.05) is 36.4 Å². The summed E-state index contributed by atoms with van der Waals surface area (Å²) < 4.78 is 0. The number of hydrazine groups is 1. The molecule has 0 aliphatic rings. The Balaban J connectivity index is 1.70. The predicted molar refractivity (Wildman–Crippen MR) is 107 cm³/mol. The van der Waals surface area contributed by atoms with E-state index in [1.54, 1.807) is 24.3 Å². The number of carbonyl (C=O) groups excluding carboxylic acids is 2. The maximum absolute atomic E-state index is 11.8. The van der Waals surface area contributed by atoms with Crippen LogP contribution in [0, 0.1) is 0 Å². The molecule has 0 aromatic heterocycles. The van der Waals surface area contributed by atoms with Gasteiger partial charge in [0.05, 0.1) is 0 Å². The molecule has 2 rings (SSSR count). The monoisotopic (exact) mass is 387 g/mol. The highest BCUT2D eigenvalue weighted by atomic mass is 35.5. The molecule has 134 valence electrons. The molecule has 5 nitrogen and oxygen atoms in total. The van der Waals surface area contributed by atoms with E-state index in [2.05, 4.69) is 16.2 Å². The molecule has 0 bridgehead atoms. The fourth-order valence-electron chi connectivity index (χ4n) is 2.05. The summed E-state index contributed by atoms with van der Waals surface area (Å²) in [6, 6.07) is 16.8. The van der Waals surface area contributed by atoms with Gasteiger partial charge in [-0.15, -0.1) is 0 Å². The number of rotatable bonds is 5. The van der Waals surface area contributed by atoms with Gasteiger partial charge in [0.15, 0.2) is 5.11 Å². The third-order valence-corrected chi connectivity index (χ3v) is 3.90. The summed E-state index contributed by atoms with van der Waals surface area (Å²) in [5.74, 6) is -0.655. The maximum Gasteiger partial charge on any atom is 0.250 e. The van der Waals surface area contributed by atoms with E-state index in [4.69, 9.17) is 23.8 Å². The van der Waals surface area contributed by atoms with E-state index in [0.717, 1.165) is 11.1 Å². The van der Waals surface area contributed by atoms with Crippen molar-refractivity contribution in [2.24, 2.45) is 0 Å². The SMILES string of the molecule is O=C(C=Cc1ccccc1Cl)NC(=S)NNC(=O)CCc1ccccc1. The first-order chi connectivity index (χ1) is 12.5. The van der Waals surface area contributed by atoms with Gasteiger partial charge in [0, 0.05) is 17.5 Å². The average molecular weight is 388 g/mol. The lowest BCUT2D eigenvalue weighted by molar-refractivity contribution is -0.121. The minimum Gasteiger partial charge on any atom is -0.298 e. The first-order valence-corrected chi connectivity index (χ1v) is 8.69. The minimum atomic E-state index is -0.430. The summed E-state index contributed by atoms with van der Waals surface area (Å²) >= 11 is 11.0. The van der Waals surface area contributed by atoms with Gasteiger partial charge in [0.25, 0.3) is 0 Å². The molecular weight excluding hydrogens is 370 g/mol. The average Bonchev–Trinajstić information content (AvgIpc) is 2.65. The number of thiocarbonyl (C=S) groups is 1. The Morgan fingerprint density at radius 3 is 2.42 bits per heavy atom. The van der Waals surface area contributed by atoms with Crippen molar-refractivity contribution in [3.05, 3.63) is 76.8 Å². The largest absolute Gasteiger partial charge is 0.298 e. The van der Waals surface area contributed by atoms with Crippen molar-refractivity contribution in [3.63, 3.8) is 0 Å². The molecule has 0 radical (unpaired) electrons. The molecule has 0 fully saturated rings. The Hall–Kier alpha value is -2.70. The van der Waals surface area contributed by atoms with E-state index in [-0.39, 0.29) is 11.0 Å². The van der Waals surface area contributed by atoms with Crippen LogP contribution in [-0.2, 0) is 16.0 Å². The van der Waals surface area contributed by atoms with Gasteiger partial charge >= 0.3 is 0 Å². The van der Waals surface area contributed by atoms with Crippen molar-refractivity contribution < 1.29 is 9.59 Å². The van der Waals surface area contributed by atoms with Gasteiger partial charge in [0.2, 0.25) is 11.8 Å². The van der Waals surface area contributed by atoms with Crippen LogP contribution in [0.2, 0.25) is 5.02 Å². The van der Waals surface area contributed by atoms with Crippen molar-refractivity contribution in [3.8, 4) is 0 Å². The standard InChI is InChI=1S/C19H18ClN3O2S/c20-16-9-5-4-8-15(16)11-13-17(24)21-19(26)23-22-18(25)12-10-14-6-2-1-3-7-14/h1-9,11,13H,10,12H2,(H,22,25)(H2,21,23,24,26). The third-order valence-electron chi connectivity index (χ3n) is 3.36. The van der Waals surface area contributed by atoms with Gasteiger partial charge in [-0.1, -0.05) is 60.1 Å². The second kappa shape index (κ2) is 10.3. The highest BCUT2D eigenvalue weighted by Gasteiger charge is 2.05. The fraction of sp³-hybridized carbons (Fsp3) is 0.105. The van der Waals surface area contributed by atoms with Gasteiger partial charge in [-0.25, -0.2) is 0 Å². The van der Waals surface area contributed by atoms with E-state index in [1.165, 1.54) is 6.08 Å². The molecule has 0 unspecified atom stereocenters. The van der Waals surface area contributed by atoms with Crippen LogP contribution in [0.25, 0.3) is 6.08 Å². The van der Waals surface area contributed by atoms with E-state index < -0.39 is 5.91 Å². The number of carbonyl (C=O) groups is 2. The first-order valence-electron chi connectivity index (χ1n) is 7.91. The lowest BCUT2D eigenvalue weighted by Crippen LogP contribution is -2.48. The van der Waals surface area contributed by atoms with Crippen molar-refractivity contribution in [2.75, 3.05) is 0 Å². The molecule has 0 heterocycles. The Labute approximate surface area is 162 Å². The van der Waals surface area contributed by atoms with Crippen molar-refractivity contribution in [2.45, 2.75) is 12.8 Å². The van der Waals surface area contributed by atoms with Crippen LogP contribution in [0.5, 0.6) is 0 Å². The van der Waals surface area contributed by atoms with Gasteiger partial charge in [-0.3, -0.25) is 25.8 Å². The Kier molecular flexibility index (Phi) is 7.79. The molecule has 2 amide bonds. The first kappa shape index (κ1) is 19.6. The normalized spacial score (nSPS) is 10.3. The van der Waals surface area contributed by atoms with Crippen LogP contribution in [0.3, 0.4) is 0 Å². The predicted octanol–water partition coefficient (Wildman–Crippen LogP) is 3.01. The van der Waals surface area contributed by atoms with Gasteiger partial charge in [-0.05, 0) is 41.9 Å². The van der Waals surface area contributed by atoms with E-state index in [0.29, 0.717) is 17.9 Å². The van der Waals surface area contributed by atoms with Crippen LogP contribution < -0.4 is 16.2 Å². The van der Waals surface area contributed by atoms with Crippen LogP contribution in [0.1, 0.15) is 17.5 Å². The number of hydrogen-bond donors (Lipinski definition) is 3. The Morgan fingerprint density at radius 2 is 1.69 bits per heavy atom. The van der Waals surface area contributed by atoms with Gasteiger partial charge < -0.3 is 0 Å². The maximum atomic E-state index is 11.8. The molecule has 0 saturated carbocycles. The number of amides is 2. The molecule has 0 aliphatic heterocycles. The molecular formula is C19H18ClN3O2S. The molecule has 0 atom stereocenters. The highest BCUT2D eigenvalue weighted by molar-refractivity contribution is 7.80. The second-order valence-corrected chi connectivity index (χ2v) is 6.15. The molecule has 3 N–H and O–H groups in total. The molecule has 7 heteroatoms. The molecule has 0 spiro atoms. The summed E-state index contributed by atoms with van der Waals surface area (Å²) in [4.78, 5) is 23.6. The number of aryl methyl sites for hydroxylation is 1. The zero-order chi connectivity index (χ0) is 18.8. The topological polar surface area (TPSA) is 70.2 Å². The van der Waals surface area contributed by atoms with Crippen LogP contribution in [-0.4, -0.2) is 16.9 Å². The summed E-state index contributed by atoms with van der Waals surface area (Å²) in [5, 5.41) is 2.99. The quantitative estimate of drug-likeness (QED) is 0.419. The molecule has 2 aromatic rings. The summed E-state index contributed by atoms with van der Waals surface area (Å²) in [6.07, 6.45) is 3.82. The summed E-state index contributed by atoms with van der Waals surface area (Å²) in [7, 11) is 0. The summed E-state index contributed by atoms with van der Waals surface area (Å²) in [6.45, 7) is 0. The zero-order valence-electron chi connectivity index (χ0n) is 13.9. The lowest BCUT2D eigenvalue weighted by atomic mass is 10.1. The van der Waals surface area contributed by atoms with E-state index >= 15 is 0 Å². The summed E-state index contributed by atoms with van der Waals surface area (Å²) in [5.41, 5.74) is 6.74. The smallest absolute Gasteiger partial charge is 0.250 e. The van der Waals surface area contributed by atoms with Crippen molar-refractivity contribution in [1.29, 1.82) is 0 Å². The van der Waals surface area contributed by atoms with Crippen LogP contribution in [0.4, 0.5) is 0 Å². The van der Waals surface area contributed by atoms with Crippen LogP contribution in [0.15, 0.2) is 60.7 Å². The molecule has 26 heavy (non-hydrogen) atoms. The number of nitrogens with one attached hydrogen (secondary N) is 3. The Morgan fingerprint density at radius 1 is 1.00 bits per heavy atom. The molecule has 0 aliphatic carbocycles. The lowest BCUT2D eigenvalue weighted by Gasteiger charge is -2.09. The number of benzene rings is 2. The van der Waals surface area contributed by atoms with Gasteiger partial charge in [0.1, 0.15) is 0 Å². The minimum absolute atomic E-state index is 0.00636. The highest BCUT2D eigenvalue weighted by Crippen LogP contribution is 2.15. The van der Waals surface area contributed by atoms with Gasteiger partial charge in [-0.2, -0.15) is 0 Å². The number of hydrogen-bond acceptors (Lipinski definition) is 3. The van der Waals surface area contributed by atoms with Crippen molar-refractivity contribution in [1.82, 2.24) is 16.2 Å². The van der Waals surface area contributed by atoms with E-state index in [9.17, 15) is 9.59 Å². The molecule has 2 aromatic carbocycles. The van der Waals surface area contributed by atoms with Crippen molar-refractivity contribution >= 4 is 46.8 Å².